The summed E-state index contributed by atoms with van der Waals surface area (Å²) >= 11 is 0. The fraction of sp³-hybridized carbons (Fsp3) is 0.333. The van der Waals surface area contributed by atoms with Crippen LogP contribution in [-0.4, -0.2) is 36.6 Å². The molecule has 7 heteroatoms. The maximum absolute atomic E-state index is 10.8. The fourth-order valence-electron chi connectivity index (χ4n) is 1.28. The third kappa shape index (κ3) is 2.70. The molecule has 0 unspecified atom stereocenters. The molecule has 0 aliphatic heterocycles. The Morgan fingerprint density at radius 1 is 1.75 bits per heavy atom. The van der Waals surface area contributed by atoms with Crippen LogP contribution in [0.3, 0.4) is 0 Å². The molecular formula is C9H10BN3O3. The predicted octanol–water partition coefficient (Wildman–Crippen LogP) is 0.507. The minimum absolute atomic E-state index is 0.0872. The first-order chi connectivity index (χ1) is 7.70. The van der Waals surface area contributed by atoms with Crippen LogP contribution >= 0.6 is 0 Å². The zero-order valence-electron chi connectivity index (χ0n) is 8.75. The van der Waals surface area contributed by atoms with Crippen molar-refractivity contribution in [1.82, 2.24) is 4.57 Å². The molecule has 0 bridgehead atoms. The predicted molar refractivity (Wildman–Crippen MR) is 56.2 cm³/mol. The summed E-state index contributed by atoms with van der Waals surface area (Å²) in [5, 5.41) is 17.7. The van der Waals surface area contributed by atoms with E-state index in [1.54, 1.807) is 0 Å². The molecule has 0 spiro atoms. The van der Waals surface area contributed by atoms with E-state index in [-0.39, 0.29) is 5.69 Å². The van der Waals surface area contributed by atoms with E-state index in [9.17, 15) is 4.79 Å². The van der Waals surface area contributed by atoms with Crippen LogP contribution in [0.5, 0.6) is 0 Å². The second-order valence-corrected chi connectivity index (χ2v) is 2.92. The zero-order chi connectivity index (χ0) is 12.0. The second-order valence-electron chi connectivity index (χ2n) is 2.92. The van der Waals surface area contributed by atoms with Crippen LogP contribution in [0, 0.1) is 11.3 Å². The van der Waals surface area contributed by atoms with Gasteiger partial charge in [-0.3, -0.25) is 0 Å². The first kappa shape index (κ1) is 12.0. The summed E-state index contributed by atoms with van der Waals surface area (Å²) in [5.74, 6) is -1.06. The van der Waals surface area contributed by atoms with Gasteiger partial charge in [0.1, 0.15) is 0 Å². The molecule has 0 radical (unpaired) electrons. The van der Waals surface area contributed by atoms with Crippen molar-refractivity contribution in [2.24, 2.45) is 4.90 Å². The van der Waals surface area contributed by atoms with E-state index in [1.807, 2.05) is 6.07 Å². The standard InChI is InChI=1S/C9H10BN3O3/c1-16-10-12-4-5-13-7(6-11)2-3-8(13)9(14)15/h2-3H,4-5H2,1H3,(H,14,15). The van der Waals surface area contributed by atoms with E-state index in [4.69, 9.17) is 10.4 Å². The normalized spacial score (nSPS) is 9.75. The van der Waals surface area contributed by atoms with Crippen LogP contribution in [0.25, 0.3) is 0 Å². The Balaban J connectivity index is 2.84. The van der Waals surface area contributed by atoms with E-state index in [0.717, 1.165) is 0 Å². The van der Waals surface area contributed by atoms with Gasteiger partial charge < -0.3 is 0 Å². The fourth-order valence-corrected chi connectivity index (χ4v) is 1.28. The number of hydrogen-bond acceptors (Lipinski definition) is 4. The van der Waals surface area contributed by atoms with Gasteiger partial charge in [-0.2, -0.15) is 0 Å². The van der Waals surface area contributed by atoms with Gasteiger partial charge in [-0.15, -0.1) is 0 Å². The van der Waals surface area contributed by atoms with Gasteiger partial charge >= 0.3 is 92.3 Å². The molecule has 6 nitrogen and oxygen atoms in total. The van der Waals surface area contributed by atoms with E-state index < -0.39 is 5.97 Å². The van der Waals surface area contributed by atoms with Crippen molar-refractivity contribution < 1.29 is 14.6 Å². The summed E-state index contributed by atoms with van der Waals surface area (Å²) in [5.41, 5.74) is 0.397. The molecule has 0 fully saturated rings. The number of carbonyl (C=O) groups is 1. The van der Waals surface area contributed by atoms with Gasteiger partial charge in [0.2, 0.25) is 0 Å². The minimum atomic E-state index is -1.06. The first-order valence-corrected chi connectivity index (χ1v) is 4.54. The summed E-state index contributed by atoms with van der Waals surface area (Å²) in [4.78, 5) is 14.7. The summed E-state index contributed by atoms with van der Waals surface area (Å²) in [6, 6.07) is 4.81. The van der Waals surface area contributed by atoms with Gasteiger partial charge in [-0.1, -0.05) is 0 Å². The molecule has 0 atom stereocenters. The molecule has 0 saturated carbocycles. The van der Waals surface area contributed by atoms with Gasteiger partial charge in [0.15, 0.2) is 0 Å². The number of rotatable bonds is 5. The van der Waals surface area contributed by atoms with E-state index >= 15 is 0 Å². The molecule has 0 amide bonds. The van der Waals surface area contributed by atoms with E-state index in [1.165, 1.54) is 31.1 Å². The Morgan fingerprint density at radius 2 is 2.50 bits per heavy atom. The number of aromatic carboxylic acids is 1. The Hall–Kier alpha value is -2.10. The number of aromatic nitrogens is 1. The number of nitrogens with zero attached hydrogens (tertiary/aromatic N) is 3. The van der Waals surface area contributed by atoms with Crippen LogP contribution in [0.1, 0.15) is 16.2 Å². The van der Waals surface area contributed by atoms with Crippen molar-refractivity contribution in [3.63, 3.8) is 0 Å². The van der Waals surface area contributed by atoms with Crippen LogP contribution in [0.2, 0.25) is 0 Å². The molecule has 1 heterocycles. The third-order valence-corrected chi connectivity index (χ3v) is 1.95. The maximum atomic E-state index is 10.8. The van der Waals surface area contributed by atoms with Crippen molar-refractivity contribution in [1.29, 1.82) is 5.26 Å². The van der Waals surface area contributed by atoms with Gasteiger partial charge in [0.25, 0.3) is 0 Å². The van der Waals surface area contributed by atoms with E-state index in [2.05, 4.69) is 9.55 Å². The molecule has 1 aromatic heterocycles. The van der Waals surface area contributed by atoms with Gasteiger partial charge in [-0.05, 0) is 0 Å². The Labute approximate surface area is 93.1 Å². The van der Waals surface area contributed by atoms with Crippen molar-refractivity contribution in [2.75, 3.05) is 13.7 Å². The molecule has 0 aliphatic carbocycles. The number of carboxylic acids is 1. The first-order valence-electron chi connectivity index (χ1n) is 4.54. The van der Waals surface area contributed by atoms with Crippen LogP contribution in [-0.2, 0) is 11.2 Å². The van der Waals surface area contributed by atoms with Crippen molar-refractivity contribution in [2.45, 2.75) is 6.54 Å². The molecule has 0 saturated heterocycles. The summed E-state index contributed by atoms with van der Waals surface area (Å²) < 4.78 is 6.03. The molecule has 16 heavy (non-hydrogen) atoms. The van der Waals surface area contributed by atoms with Crippen LogP contribution in [0.4, 0.5) is 0 Å². The van der Waals surface area contributed by atoms with E-state index in [0.29, 0.717) is 18.8 Å². The van der Waals surface area contributed by atoms with Gasteiger partial charge in [0, 0.05) is 0 Å². The Bertz CT molecular complexity index is 447. The van der Waals surface area contributed by atoms with Crippen LogP contribution < -0.4 is 0 Å². The molecule has 0 aliphatic rings. The van der Waals surface area contributed by atoms with Gasteiger partial charge in [-0.25, -0.2) is 0 Å². The molecule has 1 rings (SSSR count). The number of carboxylic acid groups (broad SMARTS) is 1. The molecule has 1 N–H and O–H groups in total. The number of nitriles is 1. The zero-order valence-corrected chi connectivity index (χ0v) is 8.75. The average molecular weight is 219 g/mol. The van der Waals surface area contributed by atoms with Gasteiger partial charge in [0.05, 0.1) is 0 Å². The average Bonchev–Trinajstić information content (AvgIpc) is 2.67. The van der Waals surface area contributed by atoms with Crippen LogP contribution in [0.15, 0.2) is 17.0 Å². The third-order valence-electron chi connectivity index (χ3n) is 1.95. The Kier molecular flexibility index (Phi) is 4.27. The summed E-state index contributed by atoms with van der Waals surface area (Å²) in [6.07, 6.45) is 0. The molecule has 1 aromatic rings. The quantitative estimate of drug-likeness (QED) is 0.730. The molecule has 0 aromatic carbocycles. The molecule has 82 valence electrons. The second kappa shape index (κ2) is 5.71. The Morgan fingerprint density at radius 3 is 3.06 bits per heavy atom. The van der Waals surface area contributed by atoms with Crippen molar-refractivity contribution in [3.8, 4) is 6.07 Å². The monoisotopic (exact) mass is 219 g/mol. The van der Waals surface area contributed by atoms with Crippen molar-refractivity contribution in [3.05, 3.63) is 23.5 Å². The molecular weight excluding hydrogens is 209 g/mol. The summed E-state index contributed by atoms with van der Waals surface area (Å²) in [7, 11) is 2.75. The summed E-state index contributed by atoms with van der Waals surface area (Å²) in [6.45, 7) is 0.689. The SMILES string of the molecule is COB=NCCn1c(C#N)ccc1C(=O)O. The topological polar surface area (TPSA) is 87.6 Å². The van der Waals surface area contributed by atoms with Crippen molar-refractivity contribution >= 4 is 13.2 Å². The number of hydrogen-bond donors (Lipinski definition) is 1.